The van der Waals surface area contributed by atoms with Gasteiger partial charge in [-0.3, -0.25) is 4.79 Å². The van der Waals surface area contributed by atoms with Gasteiger partial charge >= 0.3 is 0 Å². The topological polar surface area (TPSA) is 34.9 Å². The number of imidazole rings is 1. The van der Waals surface area contributed by atoms with Crippen LogP contribution < -0.4 is 0 Å². The summed E-state index contributed by atoms with van der Waals surface area (Å²) in [4.78, 5) is 15.2. The fourth-order valence-corrected chi connectivity index (χ4v) is 2.40. The van der Waals surface area contributed by atoms with Crippen molar-refractivity contribution in [2.45, 2.75) is 19.4 Å². The molecule has 0 saturated carbocycles. The molecule has 0 amide bonds. The molecule has 1 aliphatic rings. The first-order chi connectivity index (χ1) is 7.31. The van der Waals surface area contributed by atoms with Crippen molar-refractivity contribution < 1.29 is 4.79 Å². The average Bonchev–Trinajstić information content (AvgIpc) is 2.79. The Morgan fingerprint density at radius 1 is 1.47 bits per heavy atom. The van der Waals surface area contributed by atoms with Crippen LogP contribution in [0.4, 0.5) is 0 Å². The fraction of sp³-hybridized carbons (Fsp3) is 0.273. The van der Waals surface area contributed by atoms with E-state index in [1.807, 2.05) is 6.07 Å². The Labute approximate surface area is 91.7 Å². The zero-order chi connectivity index (χ0) is 10.4. The number of halogens is 1. The summed E-state index contributed by atoms with van der Waals surface area (Å²) >= 11 is 6.10. The molecule has 0 atom stereocenters. The van der Waals surface area contributed by atoms with Crippen molar-refractivity contribution in [2.24, 2.45) is 0 Å². The number of aryl methyl sites for hydroxylation is 2. The molecule has 0 aliphatic carbocycles. The Kier molecular flexibility index (Phi) is 1.83. The van der Waals surface area contributed by atoms with E-state index in [0.717, 1.165) is 42.5 Å². The van der Waals surface area contributed by atoms with Crippen molar-refractivity contribution in [2.75, 3.05) is 0 Å². The van der Waals surface area contributed by atoms with Gasteiger partial charge in [0.25, 0.3) is 0 Å². The Morgan fingerprint density at radius 3 is 3.13 bits per heavy atom. The predicted molar refractivity (Wildman–Crippen MR) is 58.5 cm³/mol. The van der Waals surface area contributed by atoms with E-state index >= 15 is 0 Å². The van der Waals surface area contributed by atoms with Gasteiger partial charge in [-0.25, -0.2) is 4.98 Å². The van der Waals surface area contributed by atoms with Crippen LogP contribution in [0.15, 0.2) is 12.1 Å². The smallest absolute Gasteiger partial charge is 0.151 e. The van der Waals surface area contributed by atoms with Crippen molar-refractivity contribution in [1.29, 1.82) is 0 Å². The van der Waals surface area contributed by atoms with Crippen LogP contribution in [0.1, 0.15) is 22.6 Å². The number of aromatic nitrogens is 2. The van der Waals surface area contributed by atoms with Gasteiger partial charge in [0.2, 0.25) is 0 Å². The summed E-state index contributed by atoms with van der Waals surface area (Å²) in [7, 11) is 0. The van der Waals surface area contributed by atoms with Crippen molar-refractivity contribution in [3.8, 4) is 0 Å². The SMILES string of the molecule is O=Cc1ccc2c(nc3n2CCC3)c1Cl. The molecule has 15 heavy (non-hydrogen) atoms. The van der Waals surface area contributed by atoms with Gasteiger partial charge in [0.15, 0.2) is 6.29 Å². The number of benzene rings is 1. The highest BCUT2D eigenvalue weighted by Crippen LogP contribution is 2.29. The lowest BCUT2D eigenvalue weighted by molar-refractivity contribution is 0.112. The van der Waals surface area contributed by atoms with Gasteiger partial charge in [0.1, 0.15) is 11.3 Å². The Bertz CT molecular complexity index is 559. The van der Waals surface area contributed by atoms with E-state index in [9.17, 15) is 4.79 Å². The van der Waals surface area contributed by atoms with Gasteiger partial charge < -0.3 is 4.57 Å². The Balaban J connectivity index is 2.38. The molecule has 2 aromatic rings. The average molecular weight is 221 g/mol. The molecule has 4 heteroatoms. The number of hydrogen-bond donors (Lipinski definition) is 0. The number of carbonyl (C=O) groups is 1. The summed E-state index contributed by atoms with van der Waals surface area (Å²) in [6.07, 6.45) is 2.92. The number of rotatable bonds is 1. The number of aldehydes is 1. The van der Waals surface area contributed by atoms with Crippen LogP contribution in [0.3, 0.4) is 0 Å². The number of hydrogen-bond acceptors (Lipinski definition) is 2. The van der Waals surface area contributed by atoms with Crippen molar-refractivity contribution >= 4 is 28.9 Å². The minimum Gasteiger partial charge on any atom is -0.328 e. The maximum absolute atomic E-state index is 10.7. The third-order valence-electron chi connectivity index (χ3n) is 2.88. The van der Waals surface area contributed by atoms with Crippen LogP contribution in [-0.4, -0.2) is 15.8 Å². The van der Waals surface area contributed by atoms with E-state index < -0.39 is 0 Å². The lowest BCUT2D eigenvalue weighted by Crippen LogP contribution is -1.91. The van der Waals surface area contributed by atoms with Gasteiger partial charge in [-0.1, -0.05) is 11.6 Å². The van der Waals surface area contributed by atoms with Crippen LogP contribution in [0.5, 0.6) is 0 Å². The lowest BCUT2D eigenvalue weighted by Gasteiger charge is -2.00. The zero-order valence-corrected chi connectivity index (χ0v) is 8.79. The highest BCUT2D eigenvalue weighted by molar-refractivity contribution is 6.37. The molecule has 76 valence electrons. The highest BCUT2D eigenvalue weighted by atomic mass is 35.5. The van der Waals surface area contributed by atoms with Gasteiger partial charge in [-0.2, -0.15) is 0 Å². The molecule has 1 aromatic heterocycles. The van der Waals surface area contributed by atoms with Crippen LogP contribution >= 0.6 is 11.6 Å². The minimum atomic E-state index is 0.476. The van der Waals surface area contributed by atoms with Gasteiger partial charge in [-0.15, -0.1) is 0 Å². The molecule has 3 rings (SSSR count). The van der Waals surface area contributed by atoms with Crippen LogP contribution in [-0.2, 0) is 13.0 Å². The van der Waals surface area contributed by atoms with Crippen LogP contribution in [0, 0.1) is 0 Å². The molecular weight excluding hydrogens is 212 g/mol. The lowest BCUT2D eigenvalue weighted by atomic mass is 10.2. The second-order valence-electron chi connectivity index (χ2n) is 3.74. The largest absolute Gasteiger partial charge is 0.328 e. The molecule has 3 nitrogen and oxygen atoms in total. The van der Waals surface area contributed by atoms with Crippen molar-refractivity contribution in [3.05, 3.63) is 28.5 Å². The highest BCUT2D eigenvalue weighted by Gasteiger charge is 2.18. The second-order valence-corrected chi connectivity index (χ2v) is 4.12. The van der Waals surface area contributed by atoms with Crippen molar-refractivity contribution in [1.82, 2.24) is 9.55 Å². The number of fused-ring (bicyclic) bond motifs is 3. The number of carbonyl (C=O) groups excluding carboxylic acids is 1. The third-order valence-corrected chi connectivity index (χ3v) is 3.27. The summed E-state index contributed by atoms with van der Waals surface area (Å²) in [5.74, 6) is 1.08. The first kappa shape index (κ1) is 8.92. The predicted octanol–water partition coefficient (Wildman–Crippen LogP) is 2.45. The molecule has 0 N–H and O–H groups in total. The van der Waals surface area contributed by atoms with Gasteiger partial charge in [-0.05, 0) is 18.6 Å². The summed E-state index contributed by atoms with van der Waals surface area (Å²) in [5.41, 5.74) is 2.31. The maximum atomic E-state index is 10.7. The minimum absolute atomic E-state index is 0.476. The van der Waals surface area contributed by atoms with E-state index in [1.165, 1.54) is 0 Å². The molecule has 0 fully saturated rings. The normalized spacial score (nSPS) is 14.5. The van der Waals surface area contributed by atoms with Gasteiger partial charge in [0.05, 0.1) is 10.5 Å². The zero-order valence-electron chi connectivity index (χ0n) is 8.03. The molecular formula is C11H9ClN2O. The fourth-order valence-electron chi connectivity index (χ4n) is 2.15. The monoisotopic (exact) mass is 220 g/mol. The van der Waals surface area contributed by atoms with E-state index in [-0.39, 0.29) is 0 Å². The molecule has 0 unspecified atom stereocenters. The summed E-state index contributed by atoms with van der Waals surface area (Å²) < 4.78 is 2.18. The molecule has 0 bridgehead atoms. The quantitative estimate of drug-likeness (QED) is 0.692. The first-order valence-corrected chi connectivity index (χ1v) is 5.32. The molecule has 0 radical (unpaired) electrons. The van der Waals surface area contributed by atoms with E-state index in [0.29, 0.717) is 10.6 Å². The summed E-state index contributed by atoms with van der Waals surface area (Å²) in [6, 6.07) is 3.68. The molecule has 0 spiro atoms. The Morgan fingerprint density at radius 2 is 2.33 bits per heavy atom. The number of nitrogens with zero attached hydrogens (tertiary/aromatic N) is 2. The molecule has 1 aromatic carbocycles. The standard InChI is InChI=1S/C11H9ClN2O/c12-10-7(6-15)3-4-8-11(10)13-9-2-1-5-14(8)9/h3-4,6H,1-2,5H2. The molecule has 1 aliphatic heterocycles. The third kappa shape index (κ3) is 1.13. The van der Waals surface area contributed by atoms with E-state index in [2.05, 4.69) is 9.55 Å². The molecule has 0 saturated heterocycles. The van der Waals surface area contributed by atoms with E-state index in [1.54, 1.807) is 6.07 Å². The second kappa shape index (κ2) is 3.07. The van der Waals surface area contributed by atoms with Crippen LogP contribution in [0.2, 0.25) is 5.02 Å². The first-order valence-electron chi connectivity index (χ1n) is 4.94. The summed E-state index contributed by atoms with van der Waals surface area (Å²) in [6.45, 7) is 1.00. The van der Waals surface area contributed by atoms with Crippen LogP contribution in [0.25, 0.3) is 11.0 Å². The van der Waals surface area contributed by atoms with Gasteiger partial charge in [0, 0.05) is 18.5 Å². The maximum Gasteiger partial charge on any atom is 0.151 e. The van der Waals surface area contributed by atoms with Crippen molar-refractivity contribution in [3.63, 3.8) is 0 Å². The Hall–Kier alpha value is -1.35. The van der Waals surface area contributed by atoms with E-state index in [4.69, 9.17) is 11.6 Å². The molecule has 2 heterocycles. The summed E-state index contributed by atoms with van der Waals surface area (Å²) in [5, 5.41) is 0.476.